The Labute approximate surface area is 133 Å². The first-order valence-corrected chi connectivity index (χ1v) is 9.36. The van der Waals surface area contributed by atoms with Crippen LogP contribution in [0.25, 0.3) is 0 Å². The van der Waals surface area contributed by atoms with Crippen LogP contribution >= 0.6 is 22.6 Å². The van der Waals surface area contributed by atoms with Crippen LogP contribution in [0.1, 0.15) is 24.5 Å². The fourth-order valence-electron chi connectivity index (χ4n) is 2.34. The highest BCUT2D eigenvalue weighted by Gasteiger charge is 2.29. The van der Waals surface area contributed by atoms with Crippen LogP contribution in [0.2, 0.25) is 0 Å². The van der Waals surface area contributed by atoms with E-state index in [1.165, 1.54) is 6.26 Å². The standard InChI is InChI=1S/C12H19IN4O2S/c1-16(2)12-14-7-10(13)11(15-12)9-5-4-6-17(8-9)20(3,18)19/h7,9H,4-6,8H2,1-3H3. The van der Waals surface area contributed by atoms with Crippen LogP contribution in [0.4, 0.5) is 5.95 Å². The lowest BCUT2D eigenvalue weighted by Crippen LogP contribution is -2.38. The van der Waals surface area contributed by atoms with E-state index in [2.05, 4.69) is 32.6 Å². The zero-order valence-corrected chi connectivity index (χ0v) is 14.8. The molecule has 1 aromatic heterocycles. The molecule has 1 saturated heterocycles. The highest BCUT2D eigenvalue weighted by atomic mass is 127. The zero-order valence-electron chi connectivity index (χ0n) is 11.9. The van der Waals surface area contributed by atoms with Gasteiger partial charge in [-0.2, -0.15) is 0 Å². The first-order chi connectivity index (χ1) is 9.29. The summed E-state index contributed by atoms with van der Waals surface area (Å²) >= 11 is 2.22. The van der Waals surface area contributed by atoms with Crippen molar-refractivity contribution in [3.8, 4) is 0 Å². The molecule has 1 aromatic rings. The van der Waals surface area contributed by atoms with Crippen LogP contribution in [-0.4, -0.2) is 56.1 Å². The SMILES string of the molecule is CN(C)c1ncc(I)c(C2CCCN(S(C)(=O)=O)C2)n1. The number of hydrogen-bond donors (Lipinski definition) is 0. The van der Waals surface area contributed by atoms with Gasteiger partial charge in [0.2, 0.25) is 16.0 Å². The highest BCUT2D eigenvalue weighted by molar-refractivity contribution is 14.1. The number of rotatable bonds is 3. The predicted octanol–water partition coefficient (Wildman–Crippen LogP) is 1.29. The van der Waals surface area contributed by atoms with Gasteiger partial charge in [-0.1, -0.05) is 0 Å². The van der Waals surface area contributed by atoms with Gasteiger partial charge < -0.3 is 4.90 Å². The van der Waals surface area contributed by atoms with Gasteiger partial charge in [-0.25, -0.2) is 22.7 Å². The van der Waals surface area contributed by atoms with E-state index in [9.17, 15) is 8.42 Å². The minimum atomic E-state index is -3.13. The van der Waals surface area contributed by atoms with Crippen LogP contribution in [0, 0.1) is 3.57 Å². The van der Waals surface area contributed by atoms with E-state index in [1.807, 2.05) is 19.0 Å². The molecule has 1 unspecified atom stereocenters. The molecule has 1 atom stereocenters. The Balaban J connectivity index is 2.29. The summed E-state index contributed by atoms with van der Waals surface area (Å²) in [7, 11) is 0.668. The summed E-state index contributed by atoms with van der Waals surface area (Å²) < 4.78 is 26.0. The van der Waals surface area contributed by atoms with Gasteiger partial charge in [0.15, 0.2) is 0 Å². The molecule has 2 rings (SSSR count). The van der Waals surface area contributed by atoms with Gasteiger partial charge in [0.05, 0.1) is 15.5 Å². The van der Waals surface area contributed by atoms with Gasteiger partial charge in [-0.3, -0.25) is 0 Å². The molecule has 0 bridgehead atoms. The second-order valence-corrected chi connectivity index (χ2v) is 8.40. The molecule has 2 heterocycles. The molecular weight excluding hydrogens is 391 g/mol. The molecule has 1 aliphatic rings. The third kappa shape index (κ3) is 3.59. The maximum atomic E-state index is 11.7. The third-order valence-electron chi connectivity index (χ3n) is 3.40. The summed E-state index contributed by atoms with van der Waals surface area (Å²) in [6.07, 6.45) is 4.91. The van der Waals surface area contributed by atoms with Crippen LogP contribution in [0.3, 0.4) is 0 Å². The highest BCUT2D eigenvalue weighted by Crippen LogP contribution is 2.30. The van der Waals surface area contributed by atoms with E-state index in [1.54, 1.807) is 10.5 Å². The molecule has 1 aliphatic heterocycles. The lowest BCUT2D eigenvalue weighted by Gasteiger charge is -2.31. The average Bonchev–Trinajstić information content (AvgIpc) is 2.38. The van der Waals surface area contributed by atoms with Crippen molar-refractivity contribution in [1.29, 1.82) is 0 Å². The Bertz CT molecular complexity index is 591. The van der Waals surface area contributed by atoms with Crippen LogP contribution < -0.4 is 4.90 Å². The first-order valence-electron chi connectivity index (χ1n) is 6.44. The maximum Gasteiger partial charge on any atom is 0.225 e. The molecule has 0 aromatic carbocycles. The average molecular weight is 410 g/mol. The van der Waals surface area contributed by atoms with Crippen molar-refractivity contribution < 1.29 is 8.42 Å². The summed E-state index contributed by atoms with van der Waals surface area (Å²) in [6, 6.07) is 0. The second kappa shape index (κ2) is 6.10. The molecule has 0 N–H and O–H groups in total. The molecule has 6 nitrogen and oxygen atoms in total. The predicted molar refractivity (Wildman–Crippen MR) is 87.5 cm³/mol. The summed E-state index contributed by atoms with van der Waals surface area (Å²) in [5, 5.41) is 0. The Morgan fingerprint density at radius 2 is 2.15 bits per heavy atom. The minimum Gasteiger partial charge on any atom is -0.347 e. The van der Waals surface area contributed by atoms with E-state index in [0.717, 1.165) is 22.1 Å². The lowest BCUT2D eigenvalue weighted by molar-refractivity contribution is 0.314. The van der Waals surface area contributed by atoms with Gasteiger partial charge in [-0.05, 0) is 35.4 Å². The van der Waals surface area contributed by atoms with Gasteiger partial charge in [0.1, 0.15) is 0 Å². The monoisotopic (exact) mass is 410 g/mol. The molecule has 0 spiro atoms. The normalized spacial score (nSPS) is 20.9. The summed E-state index contributed by atoms with van der Waals surface area (Å²) in [6.45, 7) is 1.12. The van der Waals surface area contributed by atoms with E-state index in [4.69, 9.17) is 0 Å². The van der Waals surface area contributed by atoms with E-state index in [0.29, 0.717) is 19.0 Å². The van der Waals surface area contributed by atoms with E-state index < -0.39 is 10.0 Å². The molecular formula is C12H19IN4O2S. The molecule has 112 valence electrons. The minimum absolute atomic E-state index is 0.145. The van der Waals surface area contributed by atoms with Crippen LogP contribution in [0.5, 0.6) is 0 Å². The lowest BCUT2D eigenvalue weighted by atomic mass is 9.96. The molecule has 20 heavy (non-hydrogen) atoms. The number of halogens is 1. The number of piperidine rings is 1. The van der Waals surface area contributed by atoms with E-state index >= 15 is 0 Å². The van der Waals surface area contributed by atoms with Crippen molar-refractivity contribution in [2.24, 2.45) is 0 Å². The van der Waals surface area contributed by atoms with Gasteiger partial charge >= 0.3 is 0 Å². The topological polar surface area (TPSA) is 66.4 Å². The summed E-state index contributed by atoms with van der Waals surface area (Å²) in [4.78, 5) is 10.7. The maximum absolute atomic E-state index is 11.7. The first kappa shape index (κ1) is 15.9. The largest absolute Gasteiger partial charge is 0.347 e. The number of anilines is 1. The second-order valence-electron chi connectivity index (χ2n) is 5.26. The Hall–Kier alpha value is -0.480. The van der Waals surface area contributed by atoms with Gasteiger partial charge in [0, 0.05) is 39.3 Å². The molecule has 8 heteroatoms. The number of nitrogens with zero attached hydrogens (tertiary/aromatic N) is 4. The molecule has 1 fully saturated rings. The summed E-state index contributed by atoms with van der Waals surface area (Å²) in [5.41, 5.74) is 0.956. The van der Waals surface area contributed by atoms with Crippen molar-refractivity contribution in [1.82, 2.24) is 14.3 Å². The smallest absolute Gasteiger partial charge is 0.225 e. The van der Waals surface area contributed by atoms with Crippen molar-refractivity contribution in [3.63, 3.8) is 0 Å². The van der Waals surface area contributed by atoms with Crippen molar-refractivity contribution in [2.45, 2.75) is 18.8 Å². The van der Waals surface area contributed by atoms with E-state index in [-0.39, 0.29) is 5.92 Å². The van der Waals surface area contributed by atoms with Gasteiger partial charge in [0.25, 0.3) is 0 Å². The fourth-order valence-corrected chi connectivity index (χ4v) is 3.95. The van der Waals surface area contributed by atoms with Crippen molar-refractivity contribution in [3.05, 3.63) is 15.5 Å². The van der Waals surface area contributed by atoms with Crippen LogP contribution in [-0.2, 0) is 10.0 Å². The molecule has 0 aliphatic carbocycles. The Morgan fingerprint density at radius 3 is 2.75 bits per heavy atom. The number of aromatic nitrogens is 2. The zero-order chi connectivity index (χ0) is 14.9. The number of hydrogen-bond acceptors (Lipinski definition) is 5. The molecule has 0 radical (unpaired) electrons. The quantitative estimate of drug-likeness (QED) is 0.703. The van der Waals surface area contributed by atoms with Crippen molar-refractivity contribution >= 4 is 38.6 Å². The number of sulfonamides is 1. The Morgan fingerprint density at radius 1 is 1.45 bits per heavy atom. The molecule has 0 amide bonds. The third-order valence-corrected chi connectivity index (χ3v) is 5.50. The molecule has 0 saturated carbocycles. The fraction of sp³-hybridized carbons (Fsp3) is 0.667. The van der Waals surface area contributed by atoms with Crippen LogP contribution in [0.15, 0.2) is 6.20 Å². The summed E-state index contributed by atoms with van der Waals surface area (Å²) in [5.74, 6) is 0.809. The van der Waals surface area contributed by atoms with Gasteiger partial charge in [-0.15, -0.1) is 0 Å². The van der Waals surface area contributed by atoms with Crippen molar-refractivity contribution in [2.75, 3.05) is 38.3 Å². The Kier molecular flexibility index (Phi) is 4.85.